The summed E-state index contributed by atoms with van der Waals surface area (Å²) in [4.78, 5) is 0. The van der Waals surface area contributed by atoms with Gasteiger partial charge in [-0.2, -0.15) is 0 Å². The lowest BCUT2D eigenvalue weighted by atomic mass is 10.1. The van der Waals surface area contributed by atoms with Gasteiger partial charge in [-0.3, -0.25) is 0 Å². The predicted octanol–water partition coefficient (Wildman–Crippen LogP) is 4.48. The molecular weight excluding hydrogens is 144 g/mol. The lowest BCUT2D eigenvalue weighted by Gasteiger charge is -1.95. The molecule has 70 valence electrons. The minimum absolute atomic E-state index is 1.24. The van der Waals surface area contributed by atoms with Crippen molar-refractivity contribution in [3.8, 4) is 0 Å². The average molecular weight is 166 g/mol. The summed E-state index contributed by atoms with van der Waals surface area (Å²) < 4.78 is 0. The first-order chi connectivity index (χ1) is 5.66. The second kappa shape index (κ2) is 7.15. The van der Waals surface area contributed by atoms with Crippen molar-refractivity contribution in [2.75, 3.05) is 0 Å². The third kappa shape index (κ3) is 7.59. The van der Waals surface area contributed by atoms with Crippen molar-refractivity contribution in [2.45, 2.75) is 53.4 Å². The van der Waals surface area contributed by atoms with E-state index < -0.39 is 0 Å². The summed E-state index contributed by atoms with van der Waals surface area (Å²) in [7, 11) is 0. The Morgan fingerprint density at radius 3 is 2.25 bits per heavy atom. The maximum Gasteiger partial charge on any atom is -0.0345 e. The third-order valence-electron chi connectivity index (χ3n) is 1.79. The fourth-order valence-electron chi connectivity index (χ4n) is 1.24. The zero-order chi connectivity index (χ0) is 9.40. The highest BCUT2D eigenvalue weighted by molar-refractivity contribution is 5.19. The number of rotatable bonds is 5. The van der Waals surface area contributed by atoms with Crippen molar-refractivity contribution >= 4 is 0 Å². The molecule has 0 saturated carbocycles. The van der Waals surface area contributed by atoms with Crippen LogP contribution in [0.1, 0.15) is 53.4 Å². The third-order valence-corrected chi connectivity index (χ3v) is 1.79. The van der Waals surface area contributed by atoms with Crippen molar-refractivity contribution in [3.63, 3.8) is 0 Å². The molecular formula is C12H22. The molecule has 0 spiro atoms. The van der Waals surface area contributed by atoms with Gasteiger partial charge in [0.15, 0.2) is 0 Å². The molecule has 0 aromatic carbocycles. The van der Waals surface area contributed by atoms with Crippen LogP contribution in [0.5, 0.6) is 0 Å². The highest BCUT2D eigenvalue weighted by Crippen LogP contribution is 2.05. The van der Waals surface area contributed by atoms with E-state index in [0.29, 0.717) is 0 Å². The molecule has 0 nitrogen and oxygen atoms in total. The molecule has 0 aliphatic heterocycles. The standard InChI is InChI=1S/C12H22/c1-5-6-7-8-9-12(4)10-11(2)3/h9-10H,5-8H2,1-4H3/b12-9+. The normalized spacial score (nSPS) is 11.5. The SMILES string of the molecule is CCCCC/C=C(\C)C=C(C)C. The van der Waals surface area contributed by atoms with Crippen molar-refractivity contribution in [1.82, 2.24) is 0 Å². The van der Waals surface area contributed by atoms with E-state index in [1.54, 1.807) is 0 Å². The first-order valence-corrected chi connectivity index (χ1v) is 4.98. The van der Waals surface area contributed by atoms with E-state index in [1.807, 2.05) is 0 Å². The Kier molecular flexibility index (Phi) is 6.84. The quantitative estimate of drug-likeness (QED) is 0.417. The fourth-order valence-corrected chi connectivity index (χ4v) is 1.24. The lowest BCUT2D eigenvalue weighted by molar-refractivity contribution is 0.728. The maximum atomic E-state index is 2.34. The van der Waals surface area contributed by atoms with E-state index in [2.05, 4.69) is 39.8 Å². The zero-order valence-corrected chi connectivity index (χ0v) is 8.98. The van der Waals surface area contributed by atoms with E-state index in [0.717, 1.165) is 0 Å². The molecule has 0 unspecified atom stereocenters. The summed E-state index contributed by atoms with van der Waals surface area (Å²) in [5.41, 5.74) is 2.80. The van der Waals surface area contributed by atoms with Crippen LogP contribution in [-0.2, 0) is 0 Å². The Hall–Kier alpha value is -0.520. The zero-order valence-electron chi connectivity index (χ0n) is 8.98. The van der Waals surface area contributed by atoms with Gasteiger partial charge in [0.25, 0.3) is 0 Å². The van der Waals surface area contributed by atoms with E-state index in [9.17, 15) is 0 Å². The van der Waals surface area contributed by atoms with E-state index in [1.165, 1.54) is 36.8 Å². The highest BCUT2D eigenvalue weighted by Gasteiger charge is 1.85. The molecule has 0 rings (SSSR count). The topological polar surface area (TPSA) is 0 Å². The number of unbranched alkanes of at least 4 members (excludes halogenated alkanes) is 3. The number of allylic oxidation sites excluding steroid dienone is 4. The van der Waals surface area contributed by atoms with Gasteiger partial charge in [0.2, 0.25) is 0 Å². The molecule has 12 heavy (non-hydrogen) atoms. The van der Waals surface area contributed by atoms with Gasteiger partial charge >= 0.3 is 0 Å². The van der Waals surface area contributed by atoms with Gasteiger partial charge < -0.3 is 0 Å². The van der Waals surface area contributed by atoms with Gasteiger partial charge in [-0.05, 0) is 33.6 Å². The van der Waals surface area contributed by atoms with Crippen molar-refractivity contribution < 1.29 is 0 Å². The highest BCUT2D eigenvalue weighted by atomic mass is 13.9. The molecule has 0 fully saturated rings. The van der Waals surface area contributed by atoms with Crippen LogP contribution in [0.4, 0.5) is 0 Å². The molecule has 0 aromatic rings. The summed E-state index contributed by atoms with van der Waals surface area (Å²) in [6.07, 6.45) is 9.83. The van der Waals surface area contributed by atoms with Gasteiger partial charge in [0.05, 0.1) is 0 Å². The van der Waals surface area contributed by atoms with Crippen LogP contribution < -0.4 is 0 Å². The van der Waals surface area contributed by atoms with Gasteiger partial charge in [-0.1, -0.05) is 43.1 Å². The molecule has 0 N–H and O–H groups in total. The van der Waals surface area contributed by atoms with Crippen molar-refractivity contribution in [3.05, 3.63) is 23.3 Å². The molecule has 0 heterocycles. The monoisotopic (exact) mass is 166 g/mol. The number of hydrogen-bond acceptors (Lipinski definition) is 0. The van der Waals surface area contributed by atoms with Gasteiger partial charge in [-0.15, -0.1) is 0 Å². The lowest BCUT2D eigenvalue weighted by Crippen LogP contribution is -1.75. The summed E-state index contributed by atoms with van der Waals surface area (Å²) >= 11 is 0. The molecule has 0 saturated heterocycles. The average Bonchev–Trinajstić information content (AvgIpc) is 1.97. The van der Waals surface area contributed by atoms with Crippen LogP contribution >= 0.6 is 0 Å². The molecule has 0 aromatic heterocycles. The Morgan fingerprint density at radius 1 is 1.08 bits per heavy atom. The first-order valence-electron chi connectivity index (χ1n) is 4.98. The molecule has 0 bridgehead atoms. The maximum absolute atomic E-state index is 2.34. The Morgan fingerprint density at radius 2 is 1.75 bits per heavy atom. The molecule has 0 aliphatic rings. The molecule has 0 radical (unpaired) electrons. The van der Waals surface area contributed by atoms with Crippen LogP contribution in [0, 0.1) is 0 Å². The molecule has 0 atom stereocenters. The minimum atomic E-state index is 1.24. The molecule has 0 amide bonds. The van der Waals surface area contributed by atoms with Crippen LogP contribution in [-0.4, -0.2) is 0 Å². The van der Waals surface area contributed by atoms with Gasteiger partial charge in [-0.25, -0.2) is 0 Å². The Bertz CT molecular complexity index is 157. The fraction of sp³-hybridized carbons (Fsp3) is 0.667. The largest absolute Gasteiger partial charge is 0.0816 e. The van der Waals surface area contributed by atoms with Crippen LogP contribution in [0.3, 0.4) is 0 Å². The first kappa shape index (κ1) is 11.5. The minimum Gasteiger partial charge on any atom is -0.0816 e. The predicted molar refractivity (Wildman–Crippen MR) is 57.3 cm³/mol. The van der Waals surface area contributed by atoms with E-state index in [-0.39, 0.29) is 0 Å². The van der Waals surface area contributed by atoms with Crippen LogP contribution in [0.15, 0.2) is 23.3 Å². The second-order valence-corrected chi connectivity index (χ2v) is 3.67. The van der Waals surface area contributed by atoms with E-state index >= 15 is 0 Å². The van der Waals surface area contributed by atoms with Crippen molar-refractivity contribution in [2.24, 2.45) is 0 Å². The van der Waals surface area contributed by atoms with Crippen LogP contribution in [0.25, 0.3) is 0 Å². The van der Waals surface area contributed by atoms with Crippen LogP contribution in [0.2, 0.25) is 0 Å². The smallest absolute Gasteiger partial charge is 0.0345 e. The number of hydrogen-bond donors (Lipinski definition) is 0. The second-order valence-electron chi connectivity index (χ2n) is 3.67. The van der Waals surface area contributed by atoms with E-state index in [4.69, 9.17) is 0 Å². The van der Waals surface area contributed by atoms with Crippen molar-refractivity contribution in [1.29, 1.82) is 0 Å². The van der Waals surface area contributed by atoms with Gasteiger partial charge in [0.1, 0.15) is 0 Å². The summed E-state index contributed by atoms with van der Waals surface area (Å²) in [6.45, 7) is 8.71. The summed E-state index contributed by atoms with van der Waals surface area (Å²) in [5, 5.41) is 0. The Labute approximate surface area is 77.4 Å². The molecule has 0 heteroatoms. The summed E-state index contributed by atoms with van der Waals surface area (Å²) in [6, 6.07) is 0. The molecule has 0 aliphatic carbocycles. The van der Waals surface area contributed by atoms with Gasteiger partial charge in [0, 0.05) is 0 Å². The Balaban J connectivity index is 3.62. The summed E-state index contributed by atoms with van der Waals surface area (Å²) in [5.74, 6) is 0.